The van der Waals surface area contributed by atoms with E-state index in [0.717, 1.165) is 6.42 Å². The van der Waals surface area contributed by atoms with Crippen LogP contribution in [-0.2, 0) is 9.78 Å². The molecule has 1 saturated heterocycles. The summed E-state index contributed by atoms with van der Waals surface area (Å²) in [6, 6.07) is 0. The van der Waals surface area contributed by atoms with Gasteiger partial charge in [0.2, 0.25) is 0 Å². The molecule has 0 amide bonds. The normalized spacial score (nSPS) is 48.0. The van der Waals surface area contributed by atoms with Crippen LogP contribution >= 0.6 is 0 Å². The molecule has 2 nitrogen and oxygen atoms in total. The third kappa shape index (κ3) is 0.469. The zero-order valence-electron chi connectivity index (χ0n) is 4.09. The average Bonchev–Trinajstić information content (AvgIpc) is 2.22. The quantitative estimate of drug-likeness (QED) is 0.420. The highest BCUT2D eigenvalue weighted by atomic mass is 17.2. The van der Waals surface area contributed by atoms with Crippen molar-refractivity contribution in [2.45, 2.75) is 31.5 Å². The van der Waals surface area contributed by atoms with Gasteiger partial charge in [-0.1, -0.05) is 0 Å². The Labute approximate surface area is 42.3 Å². The standard InChI is InChI=1S/C5H8O2/c1-2-5-3-4(1)6-7-5/h4-5H,1-3H2/t4-,5+. The van der Waals surface area contributed by atoms with Crippen molar-refractivity contribution in [2.24, 2.45) is 0 Å². The molecule has 7 heavy (non-hydrogen) atoms. The maximum Gasteiger partial charge on any atom is 0.0957 e. The van der Waals surface area contributed by atoms with E-state index in [2.05, 4.69) is 0 Å². The van der Waals surface area contributed by atoms with Crippen molar-refractivity contribution in [1.82, 2.24) is 0 Å². The highest BCUT2D eigenvalue weighted by molar-refractivity contribution is 4.78. The second-order valence-electron chi connectivity index (χ2n) is 2.25. The molecule has 0 aromatic rings. The first kappa shape index (κ1) is 3.87. The zero-order valence-corrected chi connectivity index (χ0v) is 4.09. The van der Waals surface area contributed by atoms with Crippen LogP contribution in [0.5, 0.6) is 0 Å². The predicted octanol–water partition coefficient (Wildman–Crippen LogP) is 0.869. The Morgan fingerprint density at radius 3 is 1.71 bits per heavy atom. The topological polar surface area (TPSA) is 18.5 Å². The van der Waals surface area contributed by atoms with Crippen LogP contribution in [0.1, 0.15) is 19.3 Å². The lowest BCUT2D eigenvalue weighted by Crippen LogP contribution is -2.05. The van der Waals surface area contributed by atoms with Crippen molar-refractivity contribution >= 4 is 0 Å². The van der Waals surface area contributed by atoms with E-state index >= 15 is 0 Å². The minimum Gasteiger partial charge on any atom is -0.233 e. The van der Waals surface area contributed by atoms with E-state index in [-0.39, 0.29) is 0 Å². The fourth-order valence-electron chi connectivity index (χ4n) is 1.23. The fraction of sp³-hybridized carbons (Fsp3) is 1.00. The Bertz CT molecular complexity index is 64.1. The van der Waals surface area contributed by atoms with Gasteiger partial charge < -0.3 is 0 Å². The molecular weight excluding hydrogens is 92.1 g/mol. The molecule has 0 spiro atoms. The van der Waals surface area contributed by atoms with Gasteiger partial charge in [-0.3, -0.25) is 0 Å². The van der Waals surface area contributed by atoms with Gasteiger partial charge in [-0.2, -0.15) is 0 Å². The molecule has 2 bridgehead atoms. The van der Waals surface area contributed by atoms with Gasteiger partial charge in [0.05, 0.1) is 12.2 Å². The van der Waals surface area contributed by atoms with Gasteiger partial charge in [0, 0.05) is 6.42 Å². The summed E-state index contributed by atoms with van der Waals surface area (Å²) in [7, 11) is 0. The van der Waals surface area contributed by atoms with Crippen molar-refractivity contribution in [3.8, 4) is 0 Å². The molecule has 0 aromatic carbocycles. The van der Waals surface area contributed by atoms with Crippen LogP contribution in [-0.4, -0.2) is 12.2 Å². The Balaban J connectivity index is 2.12. The molecule has 1 saturated carbocycles. The minimum absolute atomic E-state index is 0.449. The Kier molecular flexibility index (Phi) is 0.664. The van der Waals surface area contributed by atoms with Gasteiger partial charge in [-0.15, -0.1) is 0 Å². The molecule has 1 aliphatic heterocycles. The highest BCUT2D eigenvalue weighted by Gasteiger charge is 2.34. The lowest BCUT2D eigenvalue weighted by atomic mass is 10.3. The van der Waals surface area contributed by atoms with Gasteiger partial charge in [-0.05, 0) is 12.8 Å². The third-order valence-corrected chi connectivity index (χ3v) is 1.66. The van der Waals surface area contributed by atoms with E-state index in [4.69, 9.17) is 9.78 Å². The largest absolute Gasteiger partial charge is 0.233 e. The smallest absolute Gasteiger partial charge is 0.0957 e. The summed E-state index contributed by atoms with van der Waals surface area (Å²) in [5.74, 6) is 0. The van der Waals surface area contributed by atoms with Gasteiger partial charge in [0.15, 0.2) is 0 Å². The molecule has 0 unspecified atom stereocenters. The Morgan fingerprint density at radius 1 is 1.00 bits per heavy atom. The number of fused-ring (bicyclic) bond motifs is 2. The number of hydrogen-bond donors (Lipinski definition) is 0. The van der Waals surface area contributed by atoms with Gasteiger partial charge >= 0.3 is 0 Å². The first-order valence-electron chi connectivity index (χ1n) is 2.77. The molecular formula is C5H8O2. The fourth-order valence-corrected chi connectivity index (χ4v) is 1.23. The van der Waals surface area contributed by atoms with E-state index in [0.29, 0.717) is 12.2 Å². The van der Waals surface area contributed by atoms with Crippen LogP contribution < -0.4 is 0 Å². The van der Waals surface area contributed by atoms with E-state index < -0.39 is 0 Å². The molecule has 1 heterocycles. The summed E-state index contributed by atoms with van der Waals surface area (Å²) in [6.07, 6.45) is 4.46. The molecule has 2 heteroatoms. The van der Waals surface area contributed by atoms with Crippen LogP contribution in [0.2, 0.25) is 0 Å². The summed E-state index contributed by atoms with van der Waals surface area (Å²) >= 11 is 0. The number of rotatable bonds is 0. The van der Waals surface area contributed by atoms with E-state index in [1.165, 1.54) is 12.8 Å². The van der Waals surface area contributed by atoms with Gasteiger partial charge in [0.25, 0.3) is 0 Å². The van der Waals surface area contributed by atoms with Gasteiger partial charge in [0.1, 0.15) is 0 Å². The first-order chi connectivity index (χ1) is 3.45. The molecule has 2 atom stereocenters. The first-order valence-corrected chi connectivity index (χ1v) is 2.77. The van der Waals surface area contributed by atoms with E-state index in [1.54, 1.807) is 0 Å². The van der Waals surface area contributed by atoms with E-state index in [9.17, 15) is 0 Å². The van der Waals surface area contributed by atoms with Crippen molar-refractivity contribution < 1.29 is 9.78 Å². The molecule has 2 fully saturated rings. The van der Waals surface area contributed by atoms with Crippen molar-refractivity contribution in [3.63, 3.8) is 0 Å². The second kappa shape index (κ2) is 1.20. The Morgan fingerprint density at radius 2 is 1.57 bits per heavy atom. The van der Waals surface area contributed by atoms with Crippen LogP contribution in [0.3, 0.4) is 0 Å². The molecule has 0 aromatic heterocycles. The SMILES string of the molecule is C1C[C@H]2C[C@@H]1OO2. The molecule has 0 radical (unpaired) electrons. The summed E-state index contributed by atoms with van der Waals surface area (Å²) in [5, 5.41) is 0. The Hall–Kier alpha value is -0.0800. The lowest BCUT2D eigenvalue weighted by Gasteiger charge is -2.06. The maximum absolute atomic E-state index is 4.85. The summed E-state index contributed by atoms with van der Waals surface area (Å²) in [6.45, 7) is 0. The third-order valence-electron chi connectivity index (χ3n) is 1.66. The maximum atomic E-state index is 4.85. The van der Waals surface area contributed by atoms with Crippen LogP contribution in [0.25, 0.3) is 0 Å². The van der Waals surface area contributed by atoms with Crippen molar-refractivity contribution in [3.05, 3.63) is 0 Å². The molecule has 40 valence electrons. The van der Waals surface area contributed by atoms with Crippen molar-refractivity contribution in [1.29, 1.82) is 0 Å². The second-order valence-corrected chi connectivity index (χ2v) is 2.25. The predicted molar refractivity (Wildman–Crippen MR) is 23.6 cm³/mol. The monoisotopic (exact) mass is 100 g/mol. The molecule has 0 N–H and O–H groups in total. The van der Waals surface area contributed by atoms with Crippen molar-refractivity contribution in [2.75, 3.05) is 0 Å². The molecule has 1 aliphatic carbocycles. The summed E-state index contributed by atoms with van der Waals surface area (Å²) in [5.41, 5.74) is 0. The van der Waals surface area contributed by atoms with Crippen LogP contribution in [0, 0.1) is 0 Å². The van der Waals surface area contributed by atoms with Crippen LogP contribution in [0.15, 0.2) is 0 Å². The minimum atomic E-state index is 0.449. The summed E-state index contributed by atoms with van der Waals surface area (Å²) < 4.78 is 0. The molecule has 2 rings (SSSR count). The van der Waals surface area contributed by atoms with E-state index in [1.807, 2.05) is 0 Å². The summed E-state index contributed by atoms with van der Waals surface area (Å²) in [4.78, 5) is 9.70. The van der Waals surface area contributed by atoms with Gasteiger partial charge in [-0.25, -0.2) is 9.78 Å². The lowest BCUT2D eigenvalue weighted by molar-refractivity contribution is -0.315. The number of hydrogen-bond acceptors (Lipinski definition) is 2. The highest BCUT2D eigenvalue weighted by Crippen LogP contribution is 2.31. The average molecular weight is 100 g/mol. The van der Waals surface area contributed by atoms with Crippen LogP contribution in [0.4, 0.5) is 0 Å². The molecule has 2 aliphatic rings. The zero-order chi connectivity index (χ0) is 4.69.